The monoisotopic (exact) mass is 307 g/mol. The minimum atomic E-state index is -0.365. The van der Waals surface area contributed by atoms with Crippen molar-refractivity contribution in [1.82, 2.24) is 10.3 Å². The van der Waals surface area contributed by atoms with Crippen molar-refractivity contribution in [2.45, 2.75) is 6.42 Å². The Morgan fingerprint density at radius 1 is 1.22 bits per heavy atom. The normalized spacial score (nSPS) is 16.2. The van der Waals surface area contributed by atoms with Gasteiger partial charge in [0, 0.05) is 29.0 Å². The zero-order valence-corrected chi connectivity index (χ0v) is 11.0. The first kappa shape index (κ1) is 11.3. The molecule has 3 rings (SSSR count). The average molecular weight is 308 g/mol. The van der Waals surface area contributed by atoms with Crippen LogP contribution in [-0.4, -0.2) is 23.5 Å². The molecule has 2 aromatic rings. The van der Waals surface area contributed by atoms with Crippen molar-refractivity contribution in [3.05, 3.63) is 28.9 Å². The van der Waals surface area contributed by atoms with Crippen LogP contribution in [0.2, 0.25) is 0 Å². The highest BCUT2D eigenvalue weighted by Crippen LogP contribution is 2.32. The number of benzene rings is 1. The Balaban J connectivity index is 2.09. The number of aromatic nitrogens is 1. The number of nitrogens with zero attached hydrogens (tertiary/aromatic N) is 1. The van der Waals surface area contributed by atoms with Gasteiger partial charge in [0.15, 0.2) is 0 Å². The molecule has 1 aromatic heterocycles. The topological polar surface area (TPSA) is 65.2 Å². The minimum absolute atomic E-state index is 0.223. The molecule has 5 nitrogen and oxygen atoms in total. The predicted octanol–water partition coefficient (Wildman–Crippen LogP) is 2.38. The van der Waals surface area contributed by atoms with Crippen LogP contribution in [0.3, 0.4) is 0 Å². The minimum Gasteiger partial charge on any atom is -0.360 e. The van der Waals surface area contributed by atoms with Crippen LogP contribution in [0, 0.1) is 0 Å². The Kier molecular flexibility index (Phi) is 2.59. The van der Waals surface area contributed by atoms with Crippen molar-refractivity contribution in [2.75, 3.05) is 11.4 Å². The van der Waals surface area contributed by atoms with Gasteiger partial charge < -0.3 is 4.98 Å². The van der Waals surface area contributed by atoms with Crippen LogP contribution in [0.25, 0.3) is 10.9 Å². The fourth-order valence-corrected chi connectivity index (χ4v) is 2.60. The van der Waals surface area contributed by atoms with Crippen LogP contribution in [0.15, 0.2) is 28.9 Å². The third kappa shape index (κ3) is 1.69. The molecule has 0 saturated carbocycles. The standard InChI is InChI=1S/C12H10BrN3O2/c13-8-1-2-9(7-3-5-14-11(7)8)16-6-4-10(17)15-12(16)18/h1-3,5,14H,4,6H2,(H,15,17,18). The highest BCUT2D eigenvalue weighted by Gasteiger charge is 2.25. The first-order chi connectivity index (χ1) is 8.66. The summed E-state index contributed by atoms with van der Waals surface area (Å²) in [5.41, 5.74) is 1.75. The number of halogens is 1. The van der Waals surface area contributed by atoms with Crippen LogP contribution in [0.4, 0.5) is 10.5 Å². The number of fused-ring (bicyclic) bond motifs is 1. The second-order valence-electron chi connectivity index (χ2n) is 4.09. The first-order valence-electron chi connectivity index (χ1n) is 5.54. The molecule has 92 valence electrons. The third-order valence-electron chi connectivity index (χ3n) is 2.99. The Labute approximate surface area is 111 Å². The van der Waals surface area contributed by atoms with Gasteiger partial charge in [-0.1, -0.05) is 0 Å². The number of aromatic amines is 1. The molecule has 0 bridgehead atoms. The van der Waals surface area contributed by atoms with Gasteiger partial charge in [-0.3, -0.25) is 15.0 Å². The van der Waals surface area contributed by atoms with E-state index in [9.17, 15) is 9.59 Å². The Morgan fingerprint density at radius 2 is 2.06 bits per heavy atom. The summed E-state index contributed by atoms with van der Waals surface area (Å²) in [6.07, 6.45) is 2.15. The number of nitrogens with one attached hydrogen (secondary N) is 2. The molecule has 1 saturated heterocycles. The van der Waals surface area contributed by atoms with E-state index < -0.39 is 0 Å². The van der Waals surface area contributed by atoms with Gasteiger partial charge in [-0.2, -0.15) is 0 Å². The molecular formula is C12H10BrN3O2. The van der Waals surface area contributed by atoms with Gasteiger partial charge in [0.05, 0.1) is 11.2 Å². The summed E-state index contributed by atoms with van der Waals surface area (Å²) in [7, 11) is 0. The summed E-state index contributed by atoms with van der Waals surface area (Å²) in [5.74, 6) is -0.223. The third-order valence-corrected chi connectivity index (χ3v) is 3.65. The lowest BCUT2D eigenvalue weighted by Crippen LogP contribution is -2.49. The van der Waals surface area contributed by atoms with E-state index in [-0.39, 0.29) is 11.9 Å². The maximum absolute atomic E-state index is 11.8. The van der Waals surface area contributed by atoms with Gasteiger partial charge in [-0.05, 0) is 34.1 Å². The van der Waals surface area contributed by atoms with Crippen molar-refractivity contribution in [1.29, 1.82) is 0 Å². The van der Waals surface area contributed by atoms with E-state index in [1.54, 1.807) is 4.90 Å². The van der Waals surface area contributed by atoms with Crippen molar-refractivity contribution in [3.8, 4) is 0 Å². The number of imide groups is 1. The maximum atomic E-state index is 11.8. The molecule has 0 spiro atoms. The van der Waals surface area contributed by atoms with Gasteiger partial charge in [0.1, 0.15) is 0 Å². The van der Waals surface area contributed by atoms with Crippen molar-refractivity contribution < 1.29 is 9.59 Å². The summed E-state index contributed by atoms with van der Waals surface area (Å²) in [5, 5.41) is 3.28. The highest BCUT2D eigenvalue weighted by atomic mass is 79.9. The second-order valence-corrected chi connectivity index (χ2v) is 4.94. The molecule has 3 amide bonds. The number of carbonyl (C=O) groups excluding carboxylic acids is 2. The lowest BCUT2D eigenvalue weighted by molar-refractivity contribution is -0.120. The number of H-pyrrole nitrogens is 1. The first-order valence-corrected chi connectivity index (χ1v) is 6.33. The highest BCUT2D eigenvalue weighted by molar-refractivity contribution is 9.10. The van der Waals surface area contributed by atoms with E-state index in [1.807, 2.05) is 24.4 Å². The number of hydrogen-bond donors (Lipinski definition) is 2. The zero-order valence-electron chi connectivity index (χ0n) is 9.37. The SMILES string of the molecule is O=C1CCN(c2ccc(Br)c3[nH]ccc23)C(=O)N1. The van der Waals surface area contributed by atoms with E-state index in [1.165, 1.54) is 0 Å². The van der Waals surface area contributed by atoms with Crippen molar-refractivity contribution >= 4 is 44.5 Å². The van der Waals surface area contributed by atoms with Gasteiger partial charge in [-0.25, -0.2) is 4.79 Å². The van der Waals surface area contributed by atoms with Crippen LogP contribution in [0.5, 0.6) is 0 Å². The number of carbonyl (C=O) groups is 2. The quantitative estimate of drug-likeness (QED) is 0.849. The largest absolute Gasteiger partial charge is 0.360 e. The van der Waals surface area contributed by atoms with E-state index >= 15 is 0 Å². The average Bonchev–Trinajstić information content (AvgIpc) is 2.81. The summed E-state index contributed by atoms with van der Waals surface area (Å²) in [4.78, 5) is 27.7. The zero-order chi connectivity index (χ0) is 12.7. The maximum Gasteiger partial charge on any atom is 0.328 e. The predicted molar refractivity (Wildman–Crippen MR) is 71.5 cm³/mol. The summed E-state index contributed by atoms with van der Waals surface area (Å²) in [6, 6.07) is 5.31. The summed E-state index contributed by atoms with van der Waals surface area (Å²) in [6.45, 7) is 0.409. The van der Waals surface area contributed by atoms with Crippen LogP contribution in [-0.2, 0) is 4.79 Å². The molecule has 0 aliphatic carbocycles. The van der Waals surface area contributed by atoms with Crippen LogP contribution in [0.1, 0.15) is 6.42 Å². The number of anilines is 1. The molecule has 0 atom stereocenters. The van der Waals surface area contributed by atoms with Gasteiger partial charge >= 0.3 is 6.03 Å². The Bertz CT molecular complexity index is 650. The van der Waals surface area contributed by atoms with Gasteiger partial charge in [0.25, 0.3) is 0 Å². The van der Waals surface area contributed by atoms with Gasteiger partial charge in [0.2, 0.25) is 5.91 Å². The fraction of sp³-hybridized carbons (Fsp3) is 0.167. The Morgan fingerprint density at radius 3 is 2.83 bits per heavy atom. The summed E-state index contributed by atoms with van der Waals surface area (Å²) >= 11 is 3.45. The molecule has 1 aliphatic rings. The molecule has 1 fully saturated rings. The van der Waals surface area contributed by atoms with Crippen molar-refractivity contribution in [2.24, 2.45) is 0 Å². The lowest BCUT2D eigenvalue weighted by atomic mass is 10.2. The van der Waals surface area contributed by atoms with Crippen molar-refractivity contribution in [3.63, 3.8) is 0 Å². The van der Waals surface area contributed by atoms with Crippen LogP contribution < -0.4 is 10.2 Å². The molecule has 2 N–H and O–H groups in total. The lowest BCUT2D eigenvalue weighted by Gasteiger charge is -2.27. The molecule has 0 unspecified atom stereocenters. The molecule has 2 heterocycles. The second kappa shape index (κ2) is 4.13. The van der Waals surface area contributed by atoms with E-state index in [0.29, 0.717) is 13.0 Å². The summed E-state index contributed by atoms with van der Waals surface area (Å²) < 4.78 is 0.944. The number of hydrogen-bond acceptors (Lipinski definition) is 2. The van der Waals surface area contributed by atoms with E-state index in [2.05, 4.69) is 26.2 Å². The number of amides is 3. The molecule has 1 aliphatic heterocycles. The number of rotatable bonds is 1. The smallest absolute Gasteiger partial charge is 0.328 e. The van der Waals surface area contributed by atoms with Crippen LogP contribution >= 0.6 is 15.9 Å². The van der Waals surface area contributed by atoms with E-state index in [0.717, 1.165) is 21.1 Å². The van der Waals surface area contributed by atoms with E-state index in [4.69, 9.17) is 0 Å². The Hall–Kier alpha value is -1.82. The fourth-order valence-electron chi connectivity index (χ4n) is 2.14. The molecule has 18 heavy (non-hydrogen) atoms. The van der Waals surface area contributed by atoms with Gasteiger partial charge in [-0.15, -0.1) is 0 Å². The number of urea groups is 1. The molecular weight excluding hydrogens is 298 g/mol. The molecule has 6 heteroatoms. The molecule has 0 radical (unpaired) electrons. The molecule has 1 aromatic carbocycles.